The normalized spacial score (nSPS) is 12.2. The summed E-state index contributed by atoms with van der Waals surface area (Å²) >= 11 is 6.32. The van der Waals surface area contributed by atoms with Gasteiger partial charge in [0.05, 0.1) is 18.7 Å². The van der Waals surface area contributed by atoms with Crippen LogP contribution in [0.2, 0.25) is 5.02 Å². The van der Waals surface area contributed by atoms with Crippen LogP contribution in [0.4, 0.5) is 0 Å². The number of benzene rings is 1. The van der Waals surface area contributed by atoms with E-state index in [0.717, 1.165) is 31.5 Å². The van der Waals surface area contributed by atoms with Gasteiger partial charge in [-0.15, -0.1) is 0 Å². The van der Waals surface area contributed by atoms with E-state index in [4.69, 9.17) is 21.1 Å². The van der Waals surface area contributed by atoms with E-state index < -0.39 is 0 Å². The predicted octanol–water partition coefficient (Wildman–Crippen LogP) is 4.27. The Hall–Kier alpha value is -0.930. The highest BCUT2D eigenvalue weighted by Crippen LogP contribution is 2.36. The molecule has 0 aliphatic rings. The molecular weight excluding hydrogens is 274 g/mol. The van der Waals surface area contributed by atoms with Crippen LogP contribution in [-0.2, 0) is 6.54 Å². The van der Waals surface area contributed by atoms with E-state index in [1.54, 1.807) is 7.11 Å². The van der Waals surface area contributed by atoms with E-state index in [0.29, 0.717) is 29.0 Å². The maximum atomic E-state index is 6.32. The van der Waals surface area contributed by atoms with Gasteiger partial charge < -0.3 is 14.8 Å². The number of hydrogen-bond acceptors (Lipinski definition) is 3. The predicted molar refractivity (Wildman–Crippen MR) is 85.0 cm³/mol. The standard InChI is InChI=1S/C16H26ClNO2/c1-5-7-12(3)11-20-16-14(17)8-13(10-18-6-2)9-15(16)19-4/h8-9,12,18H,5-7,10-11H2,1-4H3. The molecule has 0 bridgehead atoms. The van der Waals surface area contributed by atoms with Gasteiger partial charge in [-0.3, -0.25) is 0 Å². The Morgan fingerprint density at radius 1 is 1.30 bits per heavy atom. The SMILES string of the molecule is CCCC(C)COc1c(Cl)cc(CNCC)cc1OC. The van der Waals surface area contributed by atoms with Gasteiger partial charge in [-0.1, -0.05) is 38.8 Å². The van der Waals surface area contributed by atoms with Crippen molar-refractivity contribution in [1.29, 1.82) is 0 Å². The highest BCUT2D eigenvalue weighted by atomic mass is 35.5. The number of ether oxygens (including phenoxy) is 2. The molecule has 1 aromatic rings. The summed E-state index contributed by atoms with van der Waals surface area (Å²) in [5.74, 6) is 1.87. The number of nitrogens with one attached hydrogen (secondary N) is 1. The molecule has 0 saturated heterocycles. The van der Waals surface area contributed by atoms with Crippen LogP contribution in [0.5, 0.6) is 11.5 Å². The van der Waals surface area contributed by atoms with Gasteiger partial charge in [0.15, 0.2) is 11.5 Å². The fraction of sp³-hybridized carbons (Fsp3) is 0.625. The van der Waals surface area contributed by atoms with Gasteiger partial charge in [-0.05, 0) is 36.6 Å². The van der Waals surface area contributed by atoms with E-state index >= 15 is 0 Å². The molecule has 20 heavy (non-hydrogen) atoms. The van der Waals surface area contributed by atoms with Crippen LogP contribution in [0.15, 0.2) is 12.1 Å². The van der Waals surface area contributed by atoms with Crippen molar-refractivity contribution in [1.82, 2.24) is 5.32 Å². The van der Waals surface area contributed by atoms with Crippen LogP contribution >= 0.6 is 11.6 Å². The zero-order valence-electron chi connectivity index (χ0n) is 13.0. The first-order valence-corrected chi connectivity index (χ1v) is 7.70. The van der Waals surface area contributed by atoms with Crippen molar-refractivity contribution in [3.63, 3.8) is 0 Å². The second-order valence-electron chi connectivity index (χ2n) is 5.09. The van der Waals surface area contributed by atoms with Crippen LogP contribution < -0.4 is 14.8 Å². The highest BCUT2D eigenvalue weighted by Gasteiger charge is 2.13. The summed E-state index contributed by atoms with van der Waals surface area (Å²) in [5, 5.41) is 3.89. The topological polar surface area (TPSA) is 30.5 Å². The van der Waals surface area contributed by atoms with Crippen molar-refractivity contribution >= 4 is 11.6 Å². The van der Waals surface area contributed by atoms with E-state index in [-0.39, 0.29) is 0 Å². The molecule has 114 valence electrons. The number of hydrogen-bond donors (Lipinski definition) is 1. The van der Waals surface area contributed by atoms with Crippen molar-refractivity contribution in [2.75, 3.05) is 20.3 Å². The molecule has 0 heterocycles. The molecule has 1 aromatic carbocycles. The van der Waals surface area contributed by atoms with E-state index in [1.807, 2.05) is 12.1 Å². The minimum atomic E-state index is 0.516. The lowest BCUT2D eigenvalue weighted by Crippen LogP contribution is -2.12. The Labute approximate surface area is 127 Å². The van der Waals surface area contributed by atoms with Crippen LogP contribution in [0.1, 0.15) is 39.2 Å². The second-order valence-corrected chi connectivity index (χ2v) is 5.50. The first-order valence-electron chi connectivity index (χ1n) is 7.32. The first-order chi connectivity index (χ1) is 9.62. The van der Waals surface area contributed by atoms with E-state index in [1.165, 1.54) is 0 Å². The van der Waals surface area contributed by atoms with Gasteiger partial charge in [-0.2, -0.15) is 0 Å². The van der Waals surface area contributed by atoms with Crippen LogP contribution in [-0.4, -0.2) is 20.3 Å². The minimum Gasteiger partial charge on any atom is -0.493 e. The van der Waals surface area contributed by atoms with Crippen molar-refractivity contribution in [3.8, 4) is 11.5 Å². The average molecular weight is 300 g/mol. The summed E-state index contributed by atoms with van der Waals surface area (Å²) in [7, 11) is 1.64. The van der Waals surface area contributed by atoms with Gasteiger partial charge in [0.25, 0.3) is 0 Å². The molecule has 1 atom stereocenters. The molecule has 0 radical (unpaired) electrons. The highest BCUT2D eigenvalue weighted by molar-refractivity contribution is 6.32. The summed E-state index contributed by atoms with van der Waals surface area (Å²) in [6.45, 7) is 8.80. The third-order valence-electron chi connectivity index (χ3n) is 3.16. The Morgan fingerprint density at radius 2 is 2.05 bits per heavy atom. The number of rotatable bonds is 9. The maximum absolute atomic E-state index is 6.32. The second kappa shape index (κ2) is 9.09. The van der Waals surface area contributed by atoms with Crippen molar-refractivity contribution in [2.24, 2.45) is 5.92 Å². The number of halogens is 1. The quantitative estimate of drug-likeness (QED) is 0.738. The molecule has 1 N–H and O–H groups in total. The van der Waals surface area contributed by atoms with Crippen molar-refractivity contribution in [3.05, 3.63) is 22.7 Å². The largest absolute Gasteiger partial charge is 0.493 e. The maximum Gasteiger partial charge on any atom is 0.179 e. The summed E-state index contributed by atoms with van der Waals surface area (Å²) in [4.78, 5) is 0. The molecule has 0 amide bonds. The summed E-state index contributed by atoms with van der Waals surface area (Å²) < 4.78 is 11.3. The number of methoxy groups -OCH3 is 1. The molecule has 0 aliphatic heterocycles. The zero-order chi connectivity index (χ0) is 15.0. The fourth-order valence-electron chi connectivity index (χ4n) is 2.09. The molecule has 0 saturated carbocycles. The molecule has 0 spiro atoms. The van der Waals surface area contributed by atoms with Crippen LogP contribution in [0.25, 0.3) is 0 Å². The van der Waals surface area contributed by atoms with Crippen molar-refractivity contribution in [2.45, 2.75) is 40.2 Å². The van der Waals surface area contributed by atoms with Gasteiger partial charge in [-0.25, -0.2) is 0 Å². The Kier molecular flexibility index (Phi) is 7.78. The smallest absolute Gasteiger partial charge is 0.179 e. The van der Waals surface area contributed by atoms with E-state index in [9.17, 15) is 0 Å². The Bertz CT molecular complexity index is 410. The zero-order valence-corrected chi connectivity index (χ0v) is 13.7. The summed E-state index contributed by atoms with van der Waals surface area (Å²) in [6.07, 6.45) is 2.31. The molecular formula is C16H26ClNO2. The van der Waals surface area contributed by atoms with Gasteiger partial charge >= 0.3 is 0 Å². The lowest BCUT2D eigenvalue weighted by Gasteiger charge is -2.17. The van der Waals surface area contributed by atoms with Gasteiger partial charge in [0.2, 0.25) is 0 Å². The third-order valence-corrected chi connectivity index (χ3v) is 3.44. The molecule has 0 aliphatic carbocycles. The lowest BCUT2D eigenvalue weighted by atomic mass is 10.1. The Balaban J connectivity index is 2.79. The molecule has 0 aromatic heterocycles. The molecule has 1 rings (SSSR count). The average Bonchev–Trinajstić information content (AvgIpc) is 2.43. The summed E-state index contributed by atoms with van der Waals surface area (Å²) in [5.41, 5.74) is 1.10. The Morgan fingerprint density at radius 3 is 2.65 bits per heavy atom. The van der Waals surface area contributed by atoms with Gasteiger partial charge in [0.1, 0.15) is 0 Å². The first kappa shape index (κ1) is 17.1. The lowest BCUT2D eigenvalue weighted by molar-refractivity contribution is 0.240. The fourth-order valence-corrected chi connectivity index (χ4v) is 2.37. The molecule has 1 unspecified atom stereocenters. The third kappa shape index (κ3) is 5.22. The monoisotopic (exact) mass is 299 g/mol. The molecule has 3 nitrogen and oxygen atoms in total. The van der Waals surface area contributed by atoms with Crippen molar-refractivity contribution < 1.29 is 9.47 Å². The molecule has 0 fully saturated rings. The molecule has 4 heteroatoms. The minimum absolute atomic E-state index is 0.516. The van der Waals surface area contributed by atoms with Crippen LogP contribution in [0.3, 0.4) is 0 Å². The van der Waals surface area contributed by atoms with E-state index in [2.05, 4.69) is 26.1 Å². The summed E-state index contributed by atoms with van der Waals surface area (Å²) in [6, 6.07) is 3.92. The van der Waals surface area contributed by atoms with Gasteiger partial charge in [0, 0.05) is 6.54 Å². The van der Waals surface area contributed by atoms with Crippen LogP contribution in [0, 0.1) is 5.92 Å².